The lowest BCUT2D eigenvalue weighted by atomic mass is 10.4. The first-order chi connectivity index (χ1) is 8.31. The van der Waals surface area contributed by atoms with Gasteiger partial charge in [0.25, 0.3) is 0 Å². The highest BCUT2D eigenvalue weighted by molar-refractivity contribution is 9.10. The van der Waals surface area contributed by atoms with E-state index >= 15 is 0 Å². The van der Waals surface area contributed by atoms with E-state index in [9.17, 15) is 0 Å². The molecule has 0 aliphatic carbocycles. The van der Waals surface area contributed by atoms with Crippen molar-refractivity contribution in [2.24, 2.45) is 5.84 Å². The SMILES string of the molecule is NNc1ncnc(OCCc2cccs2)c1Br. The number of aromatic nitrogens is 2. The van der Waals surface area contributed by atoms with Gasteiger partial charge in [-0.3, -0.25) is 0 Å². The van der Waals surface area contributed by atoms with Crippen LogP contribution in [0.15, 0.2) is 28.3 Å². The lowest BCUT2D eigenvalue weighted by molar-refractivity contribution is 0.308. The molecule has 0 spiro atoms. The maximum Gasteiger partial charge on any atom is 0.233 e. The third kappa shape index (κ3) is 3.15. The maximum atomic E-state index is 5.57. The van der Waals surface area contributed by atoms with Crippen LogP contribution >= 0.6 is 27.3 Å². The van der Waals surface area contributed by atoms with Gasteiger partial charge in [-0.1, -0.05) is 6.07 Å². The minimum atomic E-state index is 0.490. The topological polar surface area (TPSA) is 73.1 Å². The van der Waals surface area contributed by atoms with Gasteiger partial charge in [-0.25, -0.2) is 15.8 Å². The summed E-state index contributed by atoms with van der Waals surface area (Å²) in [6.45, 7) is 0.570. The Morgan fingerprint density at radius 3 is 3.06 bits per heavy atom. The Hall–Kier alpha value is -1.18. The van der Waals surface area contributed by atoms with Crippen molar-refractivity contribution >= 4 is 33.1 Å². The second kappa shape index (κ2) is 5.95. The first-order valence-corrected chi connectivity index (χ1v) is 6.61. The van der Waals surface area contributed by atoms with E-state index in [1.807, 2.05) is 11.4 Å². The van der Waals surface area contributed by atoms with Gasteiger partial charge in [-0.15, -0.1) is 11.3 Å². The Bertz CT molecular complexity index is 477. The Labute approximate surface area is 111 Å². The zero-order chi connectivity index (χ0) is 12.1. The van der Waals surface area contributed by atoms with E-state index in [4.69, 9.17) is 10.6 Å². The highest BCUT2D eigenvalue weighted by atomic mass is 79.9. The first-order valence-electron chi connectivity index (χ1n) is 4.93. The standard InChI is InChI=1S/C10H11BrN4OS/c11-8-9(15-12)13-6-14-10(8)16-4-3-7-2-1-5-17-7/h1-2,5-6H,3-4,12H2,(H,13,14,15). The van der Waals surface area contributed by atoms with E-state index in [2.05, 4.69) is 37.4 Å². The van der Waals surface area contributed by atoms with Gasteiger partial charge in [0, 0.05) is 11.3 Å². The number of nitrogens with one attached hydrogen (secondary N) is 1. The van der Waals surface area contributed by atoms with Crippen LogP contribution in [-0.4, -0.2) is 16.6 Å². The van der Waals surface area contributed by atoms with Crippen molar-refractivity contribution in [1.29, 1.82) is 0 Å². The normalized spacial score (nSPS) is 10.2. The first kappa shape index (κ1) is 12.3. The third-order valence-electron chi connectivity index (χ3n) is 2.06. The molecule has 3 N–H and O–H groups in total. The van der Waals surface area contributed by atoms with Crippen LogP contribution in [0.3, 0.4) is 0 Å². The molecule has 0 bridgehead atoms. The Morgan fingerprint density at radius 1 is 1.47 bits per heavy atom. The number of halogens is 1. The van der Waals surface area contributed by atoms with E-state index in [1.54, 1.807) is 11.3 Å². The summed E-state index contributed by atoms with van der Waals surface area (Å²) in [5, 5.41) is 2.05. The highest BCUT2D eigenvalue weighted by Gasteiger charge is 2.08. The van der Waals surface area contributed by atoms with Crippen LogP contribution in [0.25, 0.3) is 0 Å². The molecule has 2 rings (SSSR count). The molecule has 0 unspecified atom stereocenters. The van der Waals surface area contributed by atoms with Crippen molar-refractivity contribution in [2.45, 2.75) is 6.42 Å². The number of rotatable bonds is 5. The molecule has 7 heteroatoms. The molecule has 0 aromatic carbocycles. The van der Waals surface area contributed by atoms with Crippen molar-refractivity contribution < 1.29 is 4.74 Å². The molecular formula is C10H11BrN4OS. The summed E-state index contributed by atoms with van der Waals surface area (Å²) in [6, 6.07) is 4.10. The molecule has 0 atom stereocenters. The van der Waals surface area contributed by atoms with Crippen molar-refractivity contribution in [2.75, 3.05) is 12.0 Å². The van der Waals surface area contributed by atoms with Crippen LogP contribution in [0.5, 0.6) is 5.88 Å². The lowest BCUT2D eigenvalue weighted by Gasteiger charge is -2.08. The number of nitrogens with zero attached hydrogens (tertiary/aromatic N) is 2. The molecule has 90 valence electrons. The van der Waals surface area contributed by atoms with E-state index in [1.165, 1.54) is 11.2 Å². The molecular weight excluding hydrogens is 304 g/mol. The molecule has 0 fully saturated rings. The summed E-state index contributed by atoms with van der Waals surface area (Å²) in [7, 11) is 0. The third-order valence-corrected chi connectivity index (χ3v) is 3.71. The minimum Gasteiger partial charge on any atom is -0.476 e. The Kier molecular flexibility index (Phi) is 4.29. The quantitative estimate of drug-likeness (QED) is 0.654. The van der Waals surface area contributed by atoms with Crippen molar-refractivity contribution in [1.82, 2.24) is 9.97 Å². The van der Waals surface area contributed by atoms with E-state index in [0.29, 0.717) is 22.8 Å². The van der Waals surface area contributed by atoms with Crippen LogP contribution in [0, 0.1) is 0 Å². The molecule has 0 aliphatic heterocycles. The Balaban J connectivity index is 1.95. The van der Waals surface area contributed by atoms with Gasteiger partial charge >= 0.3 is 0 Å². The van der Waals surface area contributed by atoms with Crippen LogP contribution in [0.4, 0.5) is 5.82 Å². The second-order valence-electron chi connectivity index (χ2n) is 3.16. The minimum absolute atomic E-state index is 0.490. The summed E-state index contributed by atoms with van der Waals surface area (Å²) in [5.41, 5.74) is 2.46. The number of hydrazine groups is 1. The van der Waals surface area contributed by atoms with Gasteiger partial charge in [-0.05, 0) is 27.4 Å². The average Bonchev–Trinajstić information content (AvgIpc) is 2.84. The van der Waals surface area contributed by atoms with Gasteiger partial charge in [0.1, 0.15) is 10.8 Å². The number of thiophene rings is 1. The highest BCUT2D eigenvalue weighted by Crippen LogP contribution is 2.27. The van der Waals surface area contributed by atoms with Gasteiger partial charge in [0.2, 0.25) is 5.88 Å². The molecule has 0 saturated carbocycles. The van der Waals surface area contributed by atoms with Gasteiger partial charge < -0.3 is 10.2 Å². The van der Waals surface area contributed by atoms with Crippen LogP contribution in [-0.2, 0) is 6.42 Å². The fourth-order valence-corrected chi connectivity index (χ4v) is 2.38. The smallest absolute Gasteiger partial charge is 0.233 e. The summed E-state index contributed by atoms with van der Waals surface area (Å²) in [4.78, 5) is 9.26. The van der Waals surface area contributed by atoms with E-state index in [0.717, 1.165) is 6.42 Å². The second-order valence-corrected chi connectivity index (χ2v) is 4.99. The summed E-state index contributed by atoms with van der Waals surface area (Å²) < 4.78 is 6.20. The molecule has 2 aromatic rings. The number of hydrogen-bond donors (Lipinski definition) is 2. The summed E-state index contributed by atoms with van der Waals surface area (Å²) in [5.74, 6) is 6.30. The number of hydrogen-bond acceptors (Lipinski definition) is 6. The largest absolute Gasteiger partial charge is 0.476 e. The molecule has 0 amide bonds. The zero-order valence-corrected chi connectivity index (χ0v) is 11.3. The van der Waals surface area contributed by atoms with Gasteiger partial charge in [0.15, 0.2) is 5.82 Å². The van der Waals surface area contributed by atoms with Crippen molar-refractivity contribution in [3.05, 3.63) is 33.2 Å². The average molecular weight is 315 g/mol. The van der Waals surface area contributed by atoms with Crippen LogP contribution in [0.1, 0.15) is 4.88 Å². The predicted octanol–water partition coefficient (Wildman–Crippen LogP) is 2.21. The zero-order valence-electron chi connectivity index (χ0n) is 8.89. The summed E-state index contributed by atoms with van der Waals surface area (Å²) in [6.07, 6.45) is 2.26. The van der Waals surface area contributed by atoms with Crippen molar-refractivity contribution in [3.63, 3.8) is 0 Å². The van der Waals surface area contributed by atoms with Crippen LogP contribution in [0.2, 0.25) is 0 Å². The number of ether oxygens (including phenoxy) is 1. The fourth-order valence-electron chi connectivity index (χ4n) is 1.26. The van der Waals surface area contributed by atoms with E-state index in [-0.39, 0.29) is 0 Å². The molecule has 0 saturated heterocycles. The van der Waals surface area contributed by atoms with E-state index < -0.39 is 0 Å². The van der Waals surface area contributed by atoms with Crippen LogP contribution < -0.4 is 16.0 Å². The number of nitrogens with two attached hydrogens (primary N) is 1. The fraction of sp³-hybridized carbons (Fsp3) is 0.200. The van der Waals surface area contributed by atoms with Gasteiger partial charge in [0.05, 0.1) is 6.61 Å². The maximum absolute atomic E-state index is 5.57. The van der Waals surface area contributed by atoms with Crippen molar-refractivity contribution in [3.8, 4) is 5.88 Å². The lowest BCUT2D eigenvalue weighted by Crippen LogP contribution is -2.11. The number of anilines is 1. The number of nitrogen functional groups attached to an aromatic ring is 1. The molecule has 2 aromatic heterocycles. The molecule has 5 nitrogen and oxygen atoms in total. The monoisotopic (exact) mass is 314 g/mol. The molecule has 2 heterocycles. The molecule has 17 heavy (non-hydrogen) atoms. The molecule has 0 radical (unpaired) electrons. The Morgan fingerprint density at radius 2 is 2.35 bits per heavy atom. The summed E-state index contributed by atoms with van der Waals surface area (Å²) >= 11 is 5.04. The van der Waals surface area contributed by atoms with Gasteiger partial charge in [-0.2, -0.15) is 0 Å². The predicted molar refractivity (Wildman–Crippen MR) is 71.1 cm³/mol. The molecule has 0 aliphatic rings.